The molecule has 5 heteroatoms. The van der Waals surface area contributed by atoms with Gasteiger partial charge in [-0.25, -0.2) is 4.39 Å². The van der Waals surface area contributed by atoms with Gasteiger partial charge in [0, 0.05) is 25.6 Å². The van der Waals surface area contributed by atoms with Crippen molar-refractivity contribution in [3.8, 4) is 0 Å². The first-order valence-corrected chi connectivity index (χ1v) is 8.03. The average Bonchev–Trinajstić information content (AvgIpc) is 2.50. The summed E-state index contributed by atoms with van der Waals surface area (Å²) in [7, 11) is 1.69. The molecule has 0 aliphatic heterocycles. The monoisotopic (exact) mass is 323 g/mol. The number of benzene rings is 1. The fourth-order valence-corrected chi connectivity index (χ4v) is 1.98. The van der Waals surface area contributed by atoms with Gasteiger partial charge < -0.3 is 15.4 Å². The largest absolute Gasteiger partial charge is 0.377 e. The van der Waals surface area contributed by atoms with E-state index in [1.807, 2.05) is 32.9 Å². The van der Waals surface area contributed by atoms with Crippen LogP contribution in [0.4, 0.5) is 4.39 Å². The van der Waals surface area contributed by atoms with Crippen molar-refractivity contribution in [1.82, 2.24) is 10.6 Å². The lowest BCUT2D eigenvalue weighted by molar-refractivity contribution is 0.0310. The average molecular weight is 323 g/mol. The minimum atomic E-state index is -0.297. The van der Waals surface area contributed by atoms with Crippen LogP contribution in [0.25, 0.3) is 0 Å². The van der Waals surface area contributed by atoms with E-state index < -0.39 is 0 Å². The third-order valence-corrected chi connectivity index (χ3v) is 3.84. The summed E-state index contributed by atoms with van der Waals surface area (Å²) in [5.41, 5.74) is 0.648. The Labute approximate surface area is 139 Å². The number of ether oxygens (including phenoxy) is 1. The summed E-state index contributed by atoms with van der Waals surface area (Å²) in [5.74, 6) is 0.544. The Balaban J connectivity index is 2.73. The van der Waals surface area contributed by atoms with Crippen molar-refractivity contribution >= 4 is 5.96 Å². The van der Waals surface area contributed by atoms with E-state index in [1.165, 1.54) is 12.1 Å². The first-order valence-electron chi connectivity index (χ1n) is 8.03. The van der Waals surface area contributed by atoms with Gasteiger partial charge in [-0.3, -0.25) is 4.99 Å². The smallest absolute Gasteiger partial charge is 0.191 e. The Morgan fingerprint density at radius 1 is 1.13 bits per heavy atom. The molecule has 0 spiro atoms. The molecule has 0 aliphatic carbocycles. The second kappa shape index (κ2) is 8.29. The van der Waals surface area contributed by atoms with Crippen LogP contribution in [-0.2, 0) is 10.2 Å². The molecule has 0 saturated carbocycles. The normalized spacial score (nSPS) is 13.1. The molecular formula is C18H30FN3O. The van der Waals surface area contributed by atoms with E-state index in [0.717, 1.165) is 18.1 Å². The molecule has 0 aliphatic rings. The van der Waals surface area contributed by atoms with Crippen molar-refractivity contribution in [3.63, 3.8) is 0 Å². The third-order valence-electron chi connectivity index (χ3n) is 3.84. The Morgan fingerprint density at radius 2 is 1.74 bits per heavy atom. The van der Waals surface area contributed by atoms with Gasteiger partial charge in [0.2, 0.25) is 0 Å². The van der Waals surface area contributed by atoms with Crippen molar-refractivity contribution in [2.45, 2.75) is 45.6 Å². The number of nitrogens with zero attached hydrogens (tertiary/aromatic N) is 1. The van der Waals surface area contributed by atoms with E-state index >= 15 is 0 Å². The summed E-state index contributed by atoms with van der Waals surface area (Å²) in [6.45, 7) is 12.3. The Kier molecular flexibility index (Phi) is 7.01. The third kappa shape index (κ3) is 6.57. The molecule has 0 unspecified atom stereocenters. The van der Waals surface area contributed by atoms with Crippen LogP contribution in [0.1, 0.15) is 40.2 Å². The SMILES string of the molecule is CCNC(=NCC(C)(C)OC)NCC(C)(C)c1ccc(F)cc1. The second-order valence-electron chi connectivity index (χ2n) is 6.90. The van der Waals surface area contributed by atoms with Crippen LogP contribution >= 0.6 is 0 Å². The van der Waals surface area contributed by atoms with Crippen molar-refractivity contribution in [3.05, 3.63) is 35.6 Å². The van der Waals surface area contributed by atoms with Gasteiger partial charge in [-0.15, -0.1) is 0 Å². The van der Waals surface area contributed by atoms with Crippen LogP contribution in [0.3, 0.4) is 0 Å². The van der Waals surface area contributed by atoms with Gasteiger partial charge in [0.05, 0.1) is 12.1 Å². The lowest BCUT2D eigenvalue weighted by Crippen LogP contribution is -2.44. The summed E-state index contributed by atoms with van der Waals surface area (Å²) in [4.78, 5) is 4.58. The molecule has 2 N–H and O–H groups in total. The van der Waals surface area contributed by atoms with E-state index in [1.54, 1.807) is 7.11 Å². The van der Waals surface area contributed by atoms with Gasteiger partial charge in [0.1, 0.15) is 5.82 Å². The number of halogens is 1. The van der Waals surface area contributed by atoms with Gasteiger partial charge in [-0.05, 0) is 38.5 Å². The summed E-state index contributed by atoms with van der Waals surface area (Å²) < 4.78 is 18.5. The zero-order valence-corrected chi connectivity index (χ0v) is 15.2. The summed E-state index contributed by atoms with van der Waals surface area (Å²) in [6, 6.07) is 6.65. The molecule has 1 aromatic carbocycles. The molecule has 0 atom stereocenters. The van der Waals surface area contributed by atoms with E-state index in [9.17, 15) is 4.39 Å². The van der Waals surface area contributed by atoms with E-state index in [4.69, 9.17) is 4.74 Å². The van der Waals surface area contributed by atoms with Crippen LogP contribution in [0.15, 0.2) is 29.3 Å². The quantitative estimate of drug-likeness (QED) is 0.599. The molecule has 0 saturated heterocycles. The first-order chi connectivity index (χ1) is 10.7. The van der Waals surface area contributed by atoms with Crippen LogP contribution in [0, 0.1) is 5.82 Å². The zero-order valence-electron chi connectivity index (χ0n) is 15.2. The lowest BCUT2D eigenvalue weighted by atomic mass is 9.84. The van der Waals surface area contributed by atoms with Crippen molar-refractivity contribution < 1.29 is 9.13 Å². The Bertz CT molecular complexity index is 510. The molecule has 1 rings (SSSR count). The predicted molar refractivity (Wildman–Crippen MR) is 94.5 cm³/mol. The van der Waals surface area contributed by atoms with Crippen molar-refractivity contribution in [2.75, 3.05) is 26.7 Å². The molecule has 1 aromatic rings. The van der Waals surface area contributed by atoms with E-state index in [-0.39, 0.29) is 16.8 Å². The number of rotatable bonds is 7. The number of methoxy groups -OCH3 is 1. The van der Waals surface area contributed by atoms with Crippen molar-refractivity contribution in [1.29, 1.82) is 0 Å². The highest BCUT2D eigenvalue weighted by Gasteiger charge is 2.21. The molecule has 0 heterocycles. The molecule has 0 amide bonds. The Morgan fingerprint density at radius 3 is 2.26 bits per heavy atom. The maximum absolute atomic E-state index is 13.1. The number of hydrogen-bond acceptors (Lipinski definition) is 2. The van der Waals surface area contributed by atoms with Gasteiger partial charge >= 0.3 is 0 Å². The molecule has 130 valence electrons. The van der Waals surface area contributed by atoms with E-state index in [0.29, 0.717) is 13.1 Å². The minimum Gasteiger partial charge on any atom is -0.377 e. The molecule has 0 aromatic heterocycles. The molecule has 0 bridgehead atoms. The zero-order chi connectivity index (χ0) is 17.5. The van der Waals surface area contributed by atoms with Crippen LogP contribution < -0.4 is 10.6 Å². The van der Waals surface area contributed by atoms with Crippen LogP contribution in [0.5, 0.6) is 0 Å². The molecule has 0 radical (unpaired) electrons. The van der Waals surface area contributed by atoms with Gasteiger partial charge in [-0.1, -0.05) is 26.0 Å². The lowest BCUT2D eigenvalue weighted by Gasteiger charge is -2.27. The number of nitrogens with one attached hydrogen (secondary N) is 2. The molecule has 0 fully saturated rings. The van der Waals surface area contributed by atoms with Gasteiger partial charge in [0.25, 0.3) is 0 Å². The number of aliphatic imine (C=N–C) groups is 1. The highest BCUT2D eigenvalue weighted by Crippen LogP contribution is 2.22. The van der Waals surface area contributed by atoms with Gasteiger partial charge in [0.15, 0.2) is 5.96 Å². The highest BCUT2D eigenvalue weighted by atomic mass is 19.1. The summed E-state index contributed by atoms with van der Waals surface area (Å²) >= 11 is 0. The number of guanidine groups is 1. The highest BCUT2D eigenvalue weighted by molar-refractivity contribution is 5.79. The van der Waals surface area contributed by atoms with Crippen LogP contribution in [0.2, 0.25) is 0 Å². The fraction of sp³-hybridized carbons (Fsp3) is 0.611. The molecular weight excluding hydrogens is 293 g/mol. The minimum absolute atomic E-state index is 0.138. The van der Waals surface area contributed by atoms with Crippen LogP contribution in [-0.4, -0.2) is 38.3 Å². The maximum atomic E-state index is 13.1. The first kappa shape index (κ1) is 19.4. The topological polar surface area (TPSA) is 45.7 Å². The fourth-order valence-electron chi connectivity index (χ4n) is 1.98. The predicted octanol–water partition coefficient (Wildman–Crippen LogP) is 3.08. The molecule has 23 heavy (non-hydrogen) atoms. The van der Waals surface area contributed by atoms with E-state index in [2.05, 4.69) is 29.5 Å². The second-order valence-corrected chi connectivity index (χ2v) is 6.90. The Hall–Kier alpha value is -1.62. The van der Waals surface area contributed by atoms with Crippen molar-refractivity contribution in [2.24, 2.45) is 4.99 Å². The molecule has 4 nitrogen and oxygen atoms in total. The standard InChI is InChI=1S/C18H30FN3O/c1-7-20-16(22-13-18(4,5)23-6)21-12-17(2,3)14-8-10-15(19)11-9-14/h8-11H,7,12-13H2,1-6H3,(H2,20,21,22). The summed E-state index contributed by atoms with van der Waals surface area (Å²) in [6.07, 6.45) is 0. The number of hydrogen-bond donors (Lipinski definition) is 2. The summed E-state index contributed by atoms with van der Waals surface area (Å²) in [5, 5.41) is 6.60. The van der Waals surface area contributed by atoms with Gasteiger partial charge in [-0.2, -0.15) is 0 Å². The maximum Gasteiger partial charge on any atom is 0.191 e.